The van der Waals surface area contributed by atoms with Crippen LogP contribution in [-0.2, 0) is 28.0 Å². The average molecular weight is 463 g/mol. The Bertz CT molecular complexity index is 935. The molecular formula is C30H42N2O2. The molecule has 1 saturated carbocycles. The van der Waals surface area contributed by atoms with E-state index in [9.17, 15) is 9.59 Å². The molecule has 1 fully saturated rings. The molecule has 34 heavy (non-hydrogen) atoms. The molecule has 0 radical (unpaired) electrons. The van der Waals surface area contributed by atoms with Crippen molar-refractivity contribution >= 4 is 11.8 Å². The predicted octanol–water partition coefficient (Wildman–Crippen LogP) is 6.09. The zero-order valence-electron chi connectivity index (χ0n) is 21.7. The second kappa shape index (κ2) is 11.7. The van der Waals surface area contributed by atoms with Crippen molar-refractivity contribution in [2.45, 2.75) is 104 Å². The molecule has 184 valence electrons. The summed E-state index contributed by atoms with van der Waals surface area (Å²) in [6.45, 7) is 11.0. The van der Waals surface area contributed by atoms with Crippen molar-refractivity contribution in [3.63, 3.8) is 0 Å². The molecule has 0 bridgehead atoms. The van der Waals surface area contributed by atoms with E-state index in [-0.39, 0.29) is 23.3 Å². The fourth-order valence-electron chi connectivity index (χ4n) is 4.61. The zero-order chi connectivity index (χ0) is 24.7. The van der Waals surface area contributed by atoms with Gasteiger partial charge in [-0.05, 0) is 55.2 Å². The lowest BCUT2D eigenvalue weighted by Crippen LogP contribution is -2.50. The molecule has 1 N–H and O–H groups in total. The van der Waals surface area contributed by atoms with Gasteiger partial charge in [0.15, 0.2) is 0 Å². The number of aryl methyl sites for hydroxylation is 2. The van der Waals surface area contributed by atoms with Crippen LogP contribution in [0.3, 0.4) is 0 Å². The van der Waals surface area contributed by atoms with E-state index in [1.54, 1.807) is 4.90 Å². The SMILES string of the molecule is Cc1ccc(CN(C(=O)CCc2ccc(C(C)(C)C)cc2)[C@H](C)C(=O)NC2CCCCC2)cc1. The summed E-state index contributed by atoms with van der Waals surface area (Å²) in [6.07, 6.45) is 6.71. The number of nitrogens with zero attached hydrogens (tertiary/aromatic N) is 1. The highest BCUT2D eigenvalue weighted by atomic mass is 16.2. The van der Waals surface area contributed by atoms with Gasteiger partial charge in [-0.15, -0.1) is 0 Å². The minimum Gasteiger partial charge on any atom is -0.352 e. The van der Waals surface area contributed by atoms with Gasteiger partial charge in [0.2, 0.25) is 11.8 Å². The van der Waals surface area contributed by atoms with Crippen molar-refractivity contribution in [2.24, 2.45) is 0 Å². The van der Waals surface area contributed by atoms with Gasteiger partial charge in [-0.2, -0.15) is 0 Å². The van der Waals surface area contributed by atoms with Crippen molar-refractivity contribution in [3.8, 4) is 0 Å². The van der Waals surface area contributed by atoms with Crippen LogP contribution in [0.2, 0.25) is 0 Å². The molecule has 0 spiro atoms. The summed E-state index contributed by atoms with van der Waals surface area (Å²) in [5.41, 5.74) is 4.78. The third-order valence-electron chi connectivity index (χ3n) is 7.04. The van der Waals surface area contributed by atoms with Crippen LogP contribution >= 0.6 is 0 Å². The number of carbonyl (C=O) groups is 2. The first kappa shape index (κ1) is 26.0. The summed E-state index contributed by atoms with van der Waals surface area (Å²) < 4.78 is 0. The summed E-state index contributed by atoms with van der Waals surface area (Å²) in [5, 5.41) is 3.21. The Kier molecular flexibility index (Phi) is 8.93. The third kappa shape index (κ3) is 7.44. The molecule has 1 atom stereocenters. The third-order valence-corrected chi connectivity index (χ3v) is 7.04. The Balaban J connectivity index is 1.69. The molecule has 4 nitrogen and oxygen atoms in total. The van der Waals surface area contributed by atoms with Crippen molar-refractivity contribution in [3.05, 3.63) is 70.8 Å². The van der Waals surface area contributed by atoms with Crippen molar-refractivity contribution in [1.82, 2.24) is 10.2 Å². The molecule has 1 aliphatic carbocycles. The van der Waals surface area contributed by atoms with E-state index in [0.29, 0.717) is 19.4 Å². The second-order valence-electron chi connectivity index (χ2n) is 11.0. The van der Waals surface area contributed by atoms with Crippen molar-refractivity contribution < 1.29 is 9.59 Å². The summed E-state index contributed by atoms with van der Waals surface area (Å²) >= 11 is 0. The van der Waals surface area contributed by atoms with Gasteiger partial charge < -0.3 is 10.2 Å². The summed E-state index contributed by atoms with van der Waals surface area (Å²) in [5.74, 6) is -0.0198. The number of hydrogen-bond acceptors (Lipinski definition) is 2. The Hall–Kier alpha value is -2.62. The Morgan fingerprint density at radius 3 is 2.12 bits per heavy atom. The van der Waals surface area contributed by atoms with Crippen LogP contribution in [0.4, 0.5) is 0 Å². The van der Waals surface area contributed by atoms with E-state index in [4.69, 9.17) is 0 Å². The van der Waals surface area contributed by atoms with Gasteiger partial charge in [0, 0.05) is 19.0 Å². The lowest BCUT2D eigenvalue weighted by molar-refractivity contribution is -0.141. The van der Waals surface area contributed by atoms with Gasteiger partial charge in [0.05, 0.1) is 0 Å². The highest BCUT2D eigenvalue weighted by Crippen LogP contribution is 2.23. The number of amides is 2. The smallest absolute Gasteiger partial charge is 0.242 e. The van der Waals surface area contributed by atoms with E-state index in [0.717, 1.165) is 24.0 Å². The normalized spacial score (nSPS) is 15.6. The molecular weight excluding hydrogens is 420 g/mol. The Labute approximate surface area is 206 Å². The maximum Gasteiger partial charge on any atom is 0.242 e. The van der Waals surface area contributed by atoms with E-state index in [1.165, 1.54) is 30.4 Å². The van der Waals surface area contributed by atoms with Gasteiger partial charge in [0.1, 0.15) is 6.04 Å². The van der Waals surface area contributed by atoms with Crippen LogP contribution in [0.5, 0.6) is 0 Å². The number of nitrogens with one attached hydrogen (secondary N) is 1. The quantitative estimate of drug-likeness (QED) is 0.516. The summed E-state index contributed by atoms with van der Waals surface area (Å²) in [4.78, 5) is 28.3. The molecule has 0 aliphatic heterocycles. The highest BCUT2D eigenvalue weighted by Gasteiger charge is 2.28. The molecule has 1 aliphatic rings. The predicted molar refractivity (Wildman–Crippen MR) is 140 cm³/mol. The van der Waals surface area contributed by atoms with Gasteiger partial charge in [-0.1, -0.05) is 94.1 Å². The van der Waals surface area contributed by atoms with Crippen LogP contribution in [0, 0.1) is 6.92 Å². The number of benzene rings is 2. The first-order chi connectivity index (χ1) is 16.1. The molecule has 0 unspecified atom stereocenters. The van der Waals surface area contributed by atoms with E-state index in [2.05, 4.69) is 69.4 Å². The standard InChI is InChI=1S/C30H42N2O2/c1-22-11-13-25(14-12-22)21-32(23(2)29(34)31-27-9-7-6-8-10-27)28(33)20-17-24-15-18-26(19-16-24)30(3,4)5/h11-16,18-19,23,27H,6-10,17,20-21H2,1-5H3,(H,31,34)/t23-/m1/s1. The molecule has 0 heterocycles. The van der Waals surface area contributed by atoms with E-state index < -0.39 is 6.04 Å². The number of carbonyl (C=O) groups excluding carboxylic acids is 2. The van der Waals surface area contributed by atoms with Gasteiger partial charge in [-0.25, -0.2) is 0 Å². The lowest BCUT2D eigenvalue weighted by Gasteiger charge is -2.31. The molecule has 2 aromatic rings. The van der Waals surface area contributed by atoms with Gasteiger partial charge in [0.25, 0.3) is 0 Å². The monoisotopic (exact) mass is 462 g/mol. The molecule has 2 amide bonds. The summed E-state index contributed by atoms with van der Waals surface area (Å²) in [6, 6.07) is 16.5. The van der Waals surface area contributed by atoms with E-state index in [1.807, 2.05) is 19.1 Å². The van der Waals surface area contributed by atoms with Gasteiger partial charge >= 0.3 is 0 Å². The fourth-order valence-corrected chi connectivity index (χ4v) is 4.61. The zero-order valence-corrected chi connectivity index (χ0v) is 21.7. The Morgan fingerprint density at radius 1 is 0.941 bits per heavy atom. The largest absolute Gasteiger partial charge is 0.352 e. The minimum atomic E-state index is -0.501. The maximum absolute atomic E-state index is 13.4. The van der Waals surface area contributed by atoms with Crippen LogP contribution in [0.1, 0.15) is 88.5 Å². The van der Waals surface area contributed by atoms with Crippen LogP contribution in [0.15, 0.2) is 48.5 Å². The molecule has 4 heteroatoms. The maximum atomic E-state index is 13.4. The molecule has 0 saturated heterocycles. The topological polar surface area (TPSA) is 49.4 Å². The first-order valence-corrected chi connectivity index (χ1v) is 12.9. The minimum absolute atomic E-state index is 0.0202. The van der Waals surface area contributed by atoms with Crippen LogP contribution < -0.4 is 5.32 Å². The highest BCUT2D eigenvalue weighted by molar-refractivity contribution is 5.87. The van der Waals surface area contributed by atoms with Crippen LogP contribution in [0.25, 0.3) is 0 Å². The lowest BCUT2D eigenvalue weighted by atomic mass is 9.86. The van der Waals surface area contributed by atoms with E-state index >= 15 is 0 Å². The summed E-state index contributed by atoms with van der Waals surface area (Å²) in [7, 11) is 0. The first-order valence-electron chi connectivity index (χ1n) is 12.9. The van der Waals surface area contributed by atoms with Crippen molar-refractivity contribution in [1.29, 1.82) is 0 Å². The van der Waals surface area contributed by atoms with Gasteiger partial charge in [-0.3, -0.25) is 9.59 Å². The Morgan fingerprint density at radius 2 is 1.53 bits per heavy atom. The molecule has 0 aromatic heterocycles. The van der Waals surface area contributed by atoms with Crippen molar-refractivity contribution in [2.75, 3.05) is 0 Å². The second-order valence-corrected chi connectivity index (χ2v) is 11.0. The van der Waals surface area contributed by atoms with Crippen LogP contribution in [-0.4, -0.2) is 28.8 Å². The number of hydrogen-bond donors (Lipinski definition) is 1. The molecule has 3 rings (SSSR count). The molecule has 2 aromatic carbocycles. The number of rotatable bonds is 8. The average Bonchev–Trinajstić information content (AvgIpc) is 2.82. The fraction of sp³-hybridized carbons (Fsp3) is 0.533.